The Bertz CT molecular complexity index is 384. The van der Waals surface area contributed by atoms with E-state index in [1.165, 1.54) is 14.1 Å². The molecule has 0 bridgehead atoms. The van der Waals surface area contributed by atoms with Gasteiger partial charge in [0, 0.05) is 26.2 Å². The van der Waals surface area contributed by atoms with Crippen LogP contribution in [0.3, 0.4) is 0 Å². The van der Waals surface area contributed by atoms with Crippen LogP contribution in [-0.2, 0) is 19.2 Å². The average molecular weight is 239 g/mol. The Balaban J connectivity index is 2.90. The standard InChI is InChI=1S/C10H13N3O4/c1-11-7(14)5-6(10(17)12-2)13-8(15)3-4-9(13)16/h3-4,6H,5H2,1-2H3,(H,11,14)(H,12,17). The lowest BCUT2D eigenvalue weighted by Crippen LogP contribution is -2.50. The van der Waals surface area contributed by atoms with Gasteiger partial charge in [0.25, 0.3) is 11.8 Å². The number of likely N-dealkylation sites (N-methyl/N-ethyl adjacent to an activating group) is 1. The lowest BCUT2D eigenvalue weighted by Gasteiger charge is -2.23. The molecule has 0 aliphatic carbocycles. The molecular formula is C10H13N3O4. The monoisotopic (exact) mass is 239 g/mol. The number of carbonyl (C=O) groups excluding carboxylic acids is 4. The fraction of sp³-hybridized carbons (Fsp3) is 0.400. The third-order valence-electron chi connectivity index (χ3n) is 2.36. The topological polar surface area (TPSA) is 95.6 Å². The van der Waals surface area contributed by atoms with E-state index in [9.17, 15) is 19.2 Å². The molecule has 7 heteroatoms. The number of hydrogen-bond donors (Lipinski definition) is 2. The van der Waals surface area contributed by atoms with Crippen LogP contribution in [0.15, 0.2) is 12.2 Å². The van der Waals surface area contributed by atoms with Crippen molar-refractivity contribution in [2.75, 3.05) is 14.1 Å². The highest BCUT2D eigenvalue weighted by Crippen LogP contribution is 2.12. The van der Waals surface area contributed by atoms with Crippen LogP contribution in [0, 0.1) is 0 Å². The van der Waals surface area contributed by atoms with Crippen molar-refractivity contribution in [1.82, 2.24) is 15.5 Å². The SMILES string of the molecule is CNC(=O)CC(C(=O)NC)N1C(=O)C=CC1=O. The van der Waals surface area contributed by atoms with Gasteiger partial charge in [0.2, 0.25) is 11.8 Å². The second-order valence-corrected chi connectivity index (χ2v) is 3.39. The van der Waals surface area contributed by atoms with Crippen molar-refractivity contribution in [2.45, 2.75) is 12.5 Å². The van der Waals surface area contributed by atoms with Gasteiger partial charge in [0.1, 0.15) is 6.04 Å². The van der Waals surface area contributed by atoms with E-state index in [-0.39, 0.29) is 6.42 Å². The number of amides is 4. The van der Waals surface area contributed by atoms with Gasteiger partial charge in [0.05, 0.1) is 6.42 Å². The highest BCUT2D eigenvalue weighted by molar-refractivity contribution is 6.15. The molecule has 1 atom stereocenters. The summed E-state index contributed by atoms with van der Waals surface area (Å²) >= 11 is 0. The molecule has 0 aromatic heterocycles. The second kappa shape index (κ2) is 5.24. The first kappa shape index (κ1) is 12.9. The molecule has 2 N–H and O–H groups in total. The summed E-state index contributed by atoms with van der Waals surface area (Å²) in [7, 11) is 2.78. The molecule has 1 aliphatic rings. The maximum Gasteiger partial charge on any atom is 0.254 e. The number of imide groups is 1. The third kappa shape index (κ3) is 2.68. The molecule has 1 rings (SSSR count). The smallest absolute Gasteiger partial charge is 0.254 e. The molecule has 0 aromatic carbocycles. The van der Waals surface area contributed by atoms with Crippen LogP contribution < -0.4 is 10.6 Å². The largest absolute Gasteiger partial charge is 0.359 e. The van der Waals surface area contributed by atoms with Crippen molar-refractivity contribution in [3.63, 3.8) is 0 Å². The van der Waals surface area contributed by atoms with E-state index in [0.717, 1.165) is 17.1 Å². The van der Waals surface area contributed by atoms with Crippen LogP contribution in [0.4, 0.5) is 0 Å². The van der Waals surface area contributed by atoms with Gasteiger partial charge in [-0.05, 0) is 0 Å². The normalized spacial score (nSPS) is 16.0. The average Bonchev–Trinajstić information content (AvgIpc) is 2.65. The molecule has 0 spiro atoms. The molecule has 7 nitrogen and oxygen atoms in total. The van der Waals surface area contributed by atoms with Gasteiger partial charge in [-0.2, -0.15) is 0 Å². The first-order valence-electron chi connectivity index (χ1n) is 4.98. The van der Waals surface area contributed by atoms with Gasteiger partial charge < -0.3 is 10.6 Å². The predicted octanol–water partition coefficient (Wildman–Crippen LogP) is -1.84. The second-order valence-electron chi connectivity index (χ2n) is 3.39. The van der Waals surface area contributed by atoms with Gasteiger partial charge in [0.15, 0.2) is 0 Å². The van der Waals surface area contributed by atoms with Crippen molar-refractivity contribution in [1.29, 1.82) is 0 Å². The van der Waals surface area contributed by atoms with Crippen molar-refractivity contribution in [3.05, 3.63) is 12.2 Å². The summed E-state index contributed by atoms with van der Waals surface area (Å²) in [6.45, 7) is 0. The molecule has 0 radical (unpaired) electrons. The van der Waals surface area contributed by atoms with Gasteiger partial charge in [-0.25, -0.2) is 0 Å². The Labute approximate surface area is 97.8 Å². The molecule has 0 fully saturated rings. The van der Waals surface area contributed by atoms with E-state index in [2.05, 4.69) is 10.6 Å². The molecular weight excluding hydrogens is 226 g/mol. The molecule has 0 saturated heterocycles. The van der Waals surface area contributed by atoms with E-state index < -0.39 is 29.7 Å². The minimum Gasteiger partial charge on any atom is -0.359 e. The Morgan fingerprint density at radius 3 is 2.12 bits per heavy atom. The van der Waals surface area contributed by atoms with E-state index in [0.29, 0.717) is 0 Å². The Hall–Kier alpha value is -2.18. The maximum atomic E-state index is 11.6. The molecule has 92 valence electrons. The summed E-state index contributed by atoms with van der Waals surface area (Å²) in [6.07, 6.45) is 1.89. The van der Waals surface area contributed by atoms with Crippen molar-refractivity contribution in [2.24, 2.45) is 0 Å². The minimum absolute atomic E-state index is 0.255. The van der Waals surface area contributed by atoms with Crippen LogP contribution >= 0.6 is 0 Å². The highest BCUT2D eigenvalue weighted by Gasteiger charge is 2.36. The Morgan fingerprint density at radius 1 is 1.18 bits per heavy atom. The van der Waals surface area contributed by atoms with Crippen molar-refractivity contribution < 1.29 is 19.2 Å². The molecule has 4 amide bonds. The molecule has 1 aliphatic heterocycles. The summed E-state index contributed by atoms with van der Waals surface area (Å²) < 4.78 is 0. The van der Waals surface area contributed by atoms with E-state index in [1.807, 2.05) is 0 Å². The Morgan fingerprint density at radius 2 is 1.71 bits per heavy atom. The number of nitrogens with zero attached hydrogens (tertiary/aromatic N) is 1. The molecule has 1 heterocycles. The van der Waals surface area contributed by atoms with Gasteiger partial charge in [-0.15, -0.1) is 0 Å². The molecule has 0 aromatic rings. The summed E-state index contributed by atoms with van der Waals surface area (Å²) in [6, 6.07) is -1.12. The summed E-state index contributed by atoms with van der Waals surface area (Å²) in [5.74, 6) is -2.16. The van der Waals surface area contributed by atoms with Crippen LogP contribution in [0.5, 0.6) is 0 Å². The van der Waals surface area contributed by atoms with E-state index in [1.54, 1.807) is 0 Å². The molecule has 0 saturated carbocycles. The summed E-state index contributed by atoms with van der Waals surface area (Å²) in [4.78, 5) is 46.4. The fourth-order valence-electron chi connectivity index (χ4n) is 1.46. The highest BCUT2D eigenvalue weighted by atomic mass is 16.2. The quantitative estimate of drug-likeness (QED) is 0.564. The lowest BCUT2D eigenvalue weighted by molar-refractivity contribution is -0.146. The zero-order valence-electron chi connectivity index (χ0n) is 9.52. The predicted molar refractivity (Wildman–Crippen MR) is 57.5 cm³/mol. The van der Waals surface area contributed by atoms with Crippen molar-refractivity contribution in [3.8, 4) is 0 Å². The zero-order valence-corrected chi connectivity index (χ0v) is 9.52. The lowest BCUT2D eigenvalue weighted by atomic mass is 10.1. The maximum absolute atomic E-state index is 11.6. The molecule has 17 heavy (non-hydrogen) atoms. The van der Waals surface area contributed by atoms with Crippen LogP contribution in [-0.4, -0.2) is 48.7 Å². The van der Waals surface area contributed by atoms with Gasteiger partial charge in [-0.3, -0.25) is 24.1 Å². The third-order valence-corrected chi connectivity index (χ3v) is 2.36. The summed E-state index contributed by atoms with van der Waals surface area (Å²) in [5, 5.41) is 4.66. The van der Waals surface area contributed by atoms with Gasteiger partial charge in [-0.1, -0.05) is 0 Å². The van der Waals surface area contributed by atoms with Gasteiger partial charge >= 0.3 is 0 Å². The number of rotatable bonds is 4. The van der Waals surface area contributed by atoms with Crippen LogP contribution in [0.25, 0.3) is 0 Å². The zero-order chi connectivity index (χ0) is 13.0. The van der Waals surface area contributed by atoms with E-state index in [4.69, 9.17) is 0 Å². The Kier molecular flexibility index (Phi) is 3.97. The summed E-state index contributed by atoms with van der Waals surface area (Å²) in [5.41, 5.74) is 0. The molecule has 1 unspecified atom stereocenters. The minimum atomic E-state index is -1.12. The number of carbonyl (C=O) groups is 4. The first-order valence-corrected chi connectivity index (χ1v) is 4.98. The van der Waals surface area contributed by atoms with Crippen LogP contribution in [0.1, 0.15) is 6.42 Å². The fourth-order valence-corrected chi connectivity index (χ4v) is 1.46. The first-order chi connectivity index (χ1) is 8.01. The number of nitrogens with one attached hydrogen (secondary N) is 2. The number of hydrogen-bond acceptors (Lipinski definition) is 4. The van der Waals surface area contributed by atoms with Crippen LogP contribution in [0.2, 0.25) is 0 Å². The van der Waals surface area contributed by atoms with Crippen molar-refractivity contribution >= 4 is 23.6 Å². The van der Waals surface area contributed by atoms with E-state index >= 15 is 0 Å².